The summed E-state index contributed by atoms with van der Waals surface area (Å²) in [5, 5.41) is 5.74. The van der Waals surface area contributed by atoms with Gasteiger partial charge >= 0.3 is 12.2 Å². The van der Waals surface area contributed by atoms with E-state index < -0.39 is 11.2 Å². The SMILES string of the molecule is CC(C)(C)OC(=O)NC[C@H]1CC[C@H](NC(=O)OC(C)(C)C)CC1. The summed E-state index contributed by atoms with van der Waals surface area (Å²) < 4.78 is 10.5. The molecule has 0 heterocycles. The van der Waals surface area contributed by atoms with E-state index >= 15 is 0 Å². The van der Waals surface area contributed by atoms with Crippen molar-refractivity contribution in [2.75, 3.05) is 6.54 Å². The summed E-state index contributed by atoms with van der Waals surface area (Å²) >= 11 is 0. The summed E-state index contributed by atoms with van der Waals surface area (Å²) in [6.45, 7) is 11.7. The van der Waals surface area contributed by atoms with Gasteiger partial charge < -0.3 is 20.1 Å². The van der Waals surface area contributed by atoms with Crippen LogP contribution in [0.4, 0.5) is 9.59 Å². The molecule has 0 aromatic heterocycles. The second-order valence-electron chi connectivity index (χ2n) is 8.25. The van der Waals surface area contributed by atoms with Crippen molar-refractivity contribution in [1.29, 1.82) is 0 Å². The number of hydrogen-bond acceptors (Lipinski definition) is 4. The third kappa shape index (κ3) is 9.31. The van der Waals surface area contributed by atoms with Crippen molar-refractivity contribution in [3.05, 3.63) is 0 Å². The highest BCUT2D eigenvalue weighted by Crippen LogP contribution is 2.24. The van der Waals surface area contributed by atoms with Crippen LogP contribution in [0.2, 0.25) is 0 Å². The third-order valence-corrected chi connectivity index (χ3v) is 3.50. The molecule has 1 aliphatic rings. The van der Waals surface area contributed by atoms with Gasteiger partial charge in [0.15, 0.2) is 0 Å². The van der Waals surface area contributed by atoms with E-state index in [0.717, 1.165) is 25.7 Å². The Morgan fingerprint density at radius 2 is 1.35 bits per heavy atom. The van der Waals surface area contributed by atoms with Crippen LogP contribution in [0.3, 0.4) is 0 Å². The molecule has 0 aliphatic heterocycles. The molecule has 6 heteroatoms. The number of alkyl carbamates (subject to hydrolysis) is 2. The number of carbonyl (C=O) groups is 2. The van der Waals surface area contributed by atoms with Crippen molar-refractivity contribution in [3.8, 4) is 0 Å². The van der Waals surface area contributed by atoms with Gasteiger partial charge in [-0.15, -0.1) is 0 Å². The highest BCUT2D eigenvalue weighted by atomic mass is 16.6. The first-order chi connectivity index (χ1) is 10.4. The fraction of sp³-hybridized carbons (Fsp3) is 0.882. The topological polar surface area (TPSA) is 76.7 Å². The molecule has 0 spiro atoms. The molecule has 0 aromatic carbocycles. The zero-order valence-electron chi connectivity index (χ0n) is 15.3. The van der Waals surface area contributed by atoms with Gasteiger partial charge in [0.2, 0.25) is 0 Å². The fourth-order valence-corrected chi connectivity index (χ4v) is 2.53. The van der Waals surface area contributed by atoms with E-state index in [2.05, 4.69) is 10.6 Å². The van der Waals surface area contributed by atoms with Crippen molar-refractivity contribution in [3.63, 3.8) is 0 Å². The van der Waals surface area contributed by atoms with E-state index in [1.807, 2.05) is 41.5 Å². The smallest absolute Gasteiger partial charge is 0.407 e. The van der Waals surface area contributed by atoms with Crippen LogP contribution in [-0.4, -0.2) is 36.0 Å². The summed E-state index contributed by atoms with van der Waals surface area (Å²) in [6.07, 6.45) is 3.02. The van der Waals surface area contributed by atoms with E-state index in [0.29, 0.717) is 12.5 Å². The molecular weight excluding hydrogens is 296 g/mol. The van der Waals surface area contributed by atoms with Crippen LogP contribution in [0.15, 0.2) is 0 Å². The second-order valence-corrected chi connectivity index (χ2v) is 8.25. The van der Waals surface area contributed by atoms with Crippen LogP contribution in [0.25, 0.3) is 0 Å². The maximum atomic E-state index is 11.7. The van der Waals surface area contributed by atoms with E-state index in [4.69, 9.17) is 9.47 Å². The fourth-order valence-electron chi connectivity index (χ4n) is 2.53. The lowest BCUT2D eigenvalue weighted by molar-refractivity contribution is 0.0485. The Labute approximate surface area is 139 Å². The first kappa shape index (κ1) is 19.6. The molecule has 0 saturated heterocycles. The van der Waals surface area contributed by atoms with Crippen molar-refractivity contribution in [2.45, 2.75) is 84.5 Å². The van der Waals surface area contributed by atoms with Crippen LogP contribution in [0.5, 0.6) is 0 Å². The van der Waals surface area contributed by atoms with Crippen LogP contribution in [0, 0.1) is 5.92 Å². The number of rotatable bonds is 3. The molecule has 23 heavy (non-hydrogen) atoms. The van der Waals surface area contributed by atoms with Gasteiger partial charge in [-0.2, -0.15) is 0 Å². The van der Waals surface area contributed by atoms with E-state index in [1.54, 1.807) is 0 Å². The largest absolute Gasteiger partial charge is 0.444 e. The molecular formula is C17H32N2O4. The number of nitrogens with one attached hydrogen (secondary N) is 2. The minimum atomic E-state index is -0.474. The van der Waals surface area contributed by atoms with E-state index in [-0.39, 0.29) is 18.2 Å². The first-order valence-electron chi connectivity index (χ1n) is 8.41. The van der Waals surface area contributed by atoms with Crippen molar-refractivity contribution in [1.82, 2.24) is 10.6 Å². The second kappa shape index (κ2) is 7.88. The summed E-state index contributed by atoms with van der Waals surface area (Å²) in [4.78, 5) is 23.4. The standard InChI is InChI=1S/C17H32N2O4/c1-16(2,3)22-14(20)18-11-12-7-9-13(10-8-12)19-15(21)23-17(4,5)6/h12-13H,7-11H2,1-6H3,(H,18,20)(H,19,21)/t12-,13-. The highest BCUT2D eigenvalue weighted by Gasteiger charge is 2.25. The average Bonchev–Trinajstić information content (AvgIpc) is 2.33. The van der Waals surface area contributed by atoms with Gasteiger partial charge in [-0.1, -0.05) is 0 Å². The van der Waals surface area contributed by atoms with Crippen molar-refractivity contribution >= 4 is 12.2 Å². The van der Waals surface area contributed by atoms with Gasteiger partial charge in [-0.25, -0.2) is 9.59 Å². The molecule has 0 radical (unpaired) electrons. The molecule has 0 bridgehead atoms. The highest BCUT2D eigenvalue weighted by molar-refractivity contribution is 5.68. The molecule has 2 amide bonds. The Bertz CT molecular complexity index is 402. The van der Waals surface area contributed by atoms with Crippen LogP contribution < -0.4 is 10.6 Å². The maximum Gasteiger partial charge on any atom is 0.407 e. The lowest BCUT2D eigenvalue weighted by atomic mass is 9.86. The Hall–Kier alpha value is -1.46. The monoisotopic (exact) mass is 328 g/mol. The molecule has 0 aromatic rings. The summed E-state index contributed by atoms with van der Waals surface area (Å²) in [7, 11) is 0. The van der Waals surface area contributed by atoms with Gasteiger partial charge in [0.25, 0.3) is 0 Å². The van der Waals surface area contributed by atoms with Crippen molar-refractivity contribution in [2.24, 2.45) is 5.92 Å². The predicted molar refractivity (Wildman–Crippen MR) is 89.4 cm³/mol. The Morgan fingerprint density at radius 1 is 0.870 bits per heavy atom. The van der Waals surface area contributed by atoms with Gasteiger partial charge in [0.05, 0.1) is 0 Å². The van der Waals surface area contributed by atoms with Crippen LogP contribution >= 0.6 is 0 Å². The molecule has 134 valence electrons. The lowest BCUT2D eigenvalue weighted by Crippen LogP contribution is -2.42. The predicted octanol–water partition coefficient (Wildman–Crippen LogP) is 3.59. The molecule has 0 atom stereocenters. The zero-order valence-corrected chi connectivity index (χ0v) is 15.3. The Balaban J connectivity index is 2.23. The normalized spacial score (nSPS) is 22.2. The number of amides is 2. The van der Waals surface area contributed by atoms with Gasteiger partial charge in [-0.05, 0) is 73.1 Å². The maximum absolute atomic E-state index is 11.7. The van der Waals surface area contributed by atoms with Crippen LogP contribution in [0.1, 0.15) is 67.2 Å². The molecule has 6 nitrogen and oxygen atoms in total. The Morgan fingerprint density at radius 3 is 1.83 bits per heavy atom. The minimum absolute atomic E-state index is 0.155. The third-order valence-electron chi connectivity index (χ3n) is 3.50. The summed E-state index contributed by atoms with van der Waals surface area (Å²) in [5.74, 6) is 0.430. The number of ether oxygens (including phenoxy) is 2. The van der Waals surface area contributed by atoms with Gasteiger partial charge in [-0.3, -0.25) is 0 Å². The quantitative estimate of drug-likeness (QED) is 0.830. The van der Waals surface area contributed by atoms with E-state index in [9.17, 15) is 9.59 Å². The first-order valence-corrected chi connectivity index (χ1v) is 8.41. The van der Waals surface area contributed by atoms with Gasteiger partial charge in [0, 0.05) is 12.6 Å². The summed E-state index contributed by atoms with van der Waals surface area (Å²) in [6, 6.07) is 0.155. The zero-order chi connectivity index (χ0) is 17.7. The Kier molecular flexibility index (Phi) is 6.71. The van der Waals surface area contributed by atoms with Crippen molar-refractivity contribution < 1.29 is 19.1 Å². The lowest BCUT2D eigenvalue weighted by Gasteiger charge is -2.30. The molecule has 1 saturated carbocycles. The molecule has 0 unspecified atom stereocenters. The molecule has 1 aliphatic carbocycles. The summed E-state index contributed by atoms with van der Waals surface area (Å²) in [5.41, 5.74) is -0.947. The molecule has 1 rings (SSSR count). The molecule has 2 N–H and O–H groups in total. The number of hydrogen-bond donors (Lipinski definition) is 2. The number of carbonyl (C=O) groups excluding carboxylic acids is 2. The van der Waals surface area contributed by atoms with E-state index in [1.165, 1.54) is 0 Å². The van der Waals surface area contributed by atoms with Crippen LogP contribution in [-0.2, 0) is 9.47 Å². The average molecular weight is 328 g/mol. The minimum Gasteiger partial charge on any atom is -0.444 e. The van der Waals surface area contributed by atoms with Gasteiger partial charge in [0.1, 0.15) is 11.2 Å². The molecule has 1 fully saturated rings.